The molecule has 3 aromatic rings. The molecule has 0 radical (unpaired) electrons. The molecule has 0 bridgehead atoms. The lowest BCUT2D eigenvalue weighted by atomic mass is 10.2. The molecule has 25 heavy (non-hydrogen) atoms. The van der Waals surface area contributed by atoms with Gasteiger partial charge in [-0.1, -0.05) is 12.1 Å². The highest BCUT2D eigenvalue weighted by Crippen LogP contribution is 2.28. The minimum atomic E-state index is -0.825. The van der Waals surface area contributed by atoms with Crippen molar-refractivity contribution in [2.45, 2.75) is 12.6 Å². The molecule has 0 fully saturated rings. The number of thiophene rings is 1. The second-order valence-corrected chi connectivity index (χ2v) is 6.42. The van der Waals surface area contributed by atoms with Crippen molar-refractivity contribution in [2.75, 3.05) is 6.61 Å². The number of amides is 1. The topological polar surface area (TPSA) is 71.7 Å². The van der Waals surface area contributed by atoms with Crippen LogP contribution < -0.4 is 10.1 Å². The van der Waals surface area contributed by atoms with Gasteiger partial charge in [-0.15, -0.1) is 11.3 Å². The molecule has 0 saturated carbocycles. The first-order chi connectivity index (χ1) is 12.1. The largest absolute Gasteiger partial charge is 0.481 e. The number of aliphatic hydroxyl groups excluding tert-OH is 1. The van der Waals surface area contributed by atoms with E-state index in [1.807, 2.05) is 6.07 Å². The van der Waals surface area contributed by atoms with Crippen LogP contribution in [0.2, 0.25) is 0 Å². The van der Waals surface area contributed by atoms with E-state index in [0.717, 1.165) is 9.75 Å². The molecular formula is C18H16FNO4S. The summed E-state index contributed by atoms with van der Waals surface area (Å²) in [7, 11) is 0. The van der Waals surface area contributed by atoms with Gasteiger partial charge in [-0.2, -0.15) is 0 Å². The Morgan fingerprint density at radius 2 is 2.08 bits per heavy atom. The van der Waals surface area contributed by atoms with Crippen molar-refractivity contribution in [3.05, 3.63) is 76.1 Å². The average Bonchev–Trinajstić information content (AvgIpc) is 3.30. The zero-order valence-corrected chi connectivity index (χ0v) is 14.0. The Bertz CT molecular complexity index is 831. The highest BCUT2D eigenvalue weighted by Gasteiger charge is 2.15. The number of carbonyl (C=O) groups excluding carboxylic acids is 1. The lowest BCUT2D eigenvalue weighted by Crippen LogP contribution is -2.28. The third-order valence-corrected chi connectivity index (χ3v) is 4.56. The van der Waals surface area contributed by atoms with Crippen LogP contribution in [0.15, 0.2) is 59.2 Å². The molecule has 1 aromatic carbocycles. The van der Waals surface area contributed by atoms with Crippen LogP contribution in [0.5, 0.6) is 5.75 Å². The highest BCUT2D eigenvalue weighted by molar-refractivity contribution is 7.12. The lowest BCUT2D eigenvalue weighted by molar-refractivity contribution is -0.123. The number of benzene rings is 1. The van der Waals surface area contributed by atoms with Gasteiger partial charge in [-0.25, -0.2) is 4.39 Å². The number of rotatable bonds is 7. The van der Waals surface area contributed by atoms with Crippen LogP contribution in [-0.4, -0.2) is 17.6 Å². The fraction of sp³-hybridized carbons (Fsp3) is 0.167. The van der Waals surface area contributed by atoms with Crippen LogP contribution in [0.25, 0.3) is 0 Å². The molecule has 130 valence electrons. The number of halogens is 1. The summed E-state index contributed by atoms with van der Waals surface area (Å²) in [5, 5.41) is 12.9. The molecule has 0 aliphatic carbocycles. The molecule has 3 rings (SSSR count). The molecule has 1 amide bonds. The molecule has 2 N–H and O–H groups in total. The number of para-hydroxylation sites is 1. The van der Waals surface area contributed by atoms with Crippen molar-refractivity contribution >= 4 is 17.2 Å². The molecule has 0 aliphatic heterocycles. The summed E-state index contributed by atoms with van der Waals surface area (Å²) in [4.78, 5) is 13.4. The van der Waals surface area contributed by atoms with Gasteiger partial charge in [0.2, 0.25) is 0 Å². The second-order valence-electron chi connectivity index (χ2n) is 5.22. The van der Waals surface area contributed by atoms with Crippen molar-refractivity contribution in [1.29, 1.82) is 0 Å². The van der Waals surface area contributed by atoms with E-state index in [2.05, 4.69) is 5.32 Å². The number of hydrogen-bond acceptors (Lipinski definition) is 5. The molecule has 1 unspecified atom stereocenters. The van der Waals surface area contributed by atoms with Crippen LogP contribution in [0.3, 0.4) is 0 Å². The third kappa shape index (κ3) is 4.46. The van der Waals surface area contributed by atoms with Gasteiger partial charge in [-0.05, 0) is 36.4 Å². The smallest absolute Gasteiger partial charge is 0.258 e. The Labute approximate surface area is 147 Å². The standard InChI is InChI=1S/C18H16FNO4S/c19-13-4-1-2-5-14(13)24-11-17(21)20-10-12-7-8-16(25-12)18(22)15-6-3-9-23-15/h1-9,18,22H,10-11H2,(H,20,21). The molecule has 2 heterocycles. The fourth-order valence-corrected chi connectivity index (χ4v) is 3.11. The minimum absolute atomic E-state index is 0.0395. The zero-order chi connectivity index (χ0) is 17.6. The number of nitrogens with one attached hydrogen (secondary N) is 1. The summed E-state index contributed by atoms with van der Waals surface area (Å²) >= 11 is 1.37. The number of carbonyl (C=O) groups is 1. The monoisotopic (exact) mass is 361 g/mol. The van der Waals surface area contributed by atoms with Gasteiger partial charge in [0, 0.05) is 9.75 Å². The molecular weight excluding hydrogens is 345 g/mol. The maximum Gasteiger partial charge on any atom is 0.258 e. The zero-order valence-electron chi connectivity index (χ0n) is 13.1. The lowest BCUT2D eigenvalue weighted by Gasteiger charge is -2.07. The van der Waals surface area contributed by atoms with Crippen LogP contribution in [0.4, 0.5) is 4.39 Å². The van der Waals surface area contributed by atoms with E-state index in [9.17, 15) is 14.3 Å². The molecule has 1 atom stereocenters. The van der Waals surface area contributed by atoms with E-state index < -0.39 is 11.9 Å². The number of hydrogen-bond donors (Lipinski definition) is 2. The Kier molecular flexibility index (Phi) is 5.47. The van der Waals surface area contributed by atoms with Crippen molar-refractivity contribution < 1.29 is 23.4 Å². The first kappa shape index (κ1) is 17.2. The van der Waals surface area contributed by atoms with Gasteiger partial charge in [0.05, 0.1) is 12.8 Å². The van der Waals surface area contributed by atoms with Gasteiger partial charge >= 0.3 is 0 Å². The number of aliphatic hydroxyl groups is 1. The Morgan fingerprint density at radius 1 is 1.24 bits per heavy atom. The van der Waals surface area contributed by atoms with E-state index in [1.165, 1.54) is 29.7 Å². The maximum atomic E-state index is 13.4. The molecule has 7 heteroatoms. The van der Waals surface area contributed by atoms with Gasteiger partial charge in [-0.3, -0.25) is 4.79 Å². The van der Waals surface area contributed by atoms with Crippen molar-refractivity contribution in [3.63, 3.8) is 0 Å². The van der Waals surface area contributed by atoms with E-state index >= 15 is 0 Å². The number of ether oxygens (including phenoxy) is 1. The first-order valence-corrected chi connectivity index (χ1v) is 8.39. The summed E-state index contributed by atoms with van der Waals surface area (Å²) in [6.07, 6.45) is 0.678. The van der Waals surface area contributed by atoms with Crippen molar-refractivity contribution in [2.24, 2.45) is 0 Å². The van der Waals surface area contributed by atoms with E-state index in [4.69, 9.17) is 9.15 Å². The molecule has 0 saturated heterocycles. The summed E-state index contributed by atoms with van der Waals surface area (Å²) in [5.74, 6) is -0.358. The van der Waals surface area contributed by atoms with Crippen LogP contribution in [0, 0.1) is 5.82 Å². The van der Waals surface area contributed by atoms with E-state index in [-0.39, 0.29) is 18.3 Å². The van der Waals surface area contributed by atoms with Crippen molar-refractivity contribution in [1.82, 2.24) is 5.32 Å². The maximum absolute atomic E-state index is 13.4. The molecule has 0 aliphatic rings. The van der Waals surface area contributed by atoms with Gasteiger partial charge < -0.3 is 19.6 Å². The van der Waals surface area contributed by atoms with Gasteiger partial charge in [0.25, 0.3) is 5.91 Å². The molecule has 0 spiro atoms. The third-order valence-electron chi connectivity index (χ3n) is 3.42. The van der Waals surface area contributed by atoms with E-state index in [0.29, 0.717) is 12.3 Å². The summed E-state index contributed by atoms with van der Waals surface area (Å²) in [6.45, 7) is 0.0309. The minimum Gasteiger partial charge on any atom is -0.481 e. The Balaban J connectivity index is 1.49. The normalized spacial score (nSPS) is 11.9. The summed E-state index contributed by atoms with van der Waals surface area (Å²) in [6, 6.07) is 12.9. The molecule has 2 aromatic heterocycles. The molecule has 5 nitrogen and oxygen atoms in total. The first-order valence-electron chi connectivity index (χ1n) is 7.57. The quantitative estimate of drug-likeness (QED) is 0.678. The summed E-state index contributed by atoms with van der Waals surface area (Å²) < 4.78 is 23.7. The van der Waals surface area contributed by atoms with Crippen LogP contribution in [0.1, 0.15) is 21.6 Å². The summed E-state index contributed by atoms with van der Waals surface area (Å²) in [5.41, 5.74) is 0. The fourth-order valence-electron chi connectivity index (χ4n) is 2.17. The van der Waals surface area contributed by atoms with E-state index in [1.54, 1.807) is 30.3 Å². The van der Waals surface area contributed by atoms with Crippen molar-refractivity contribution in [3.8, 4) is 5.75 Å². The Morgan fingerprint density at radius 3 is 2.84 bits per heavy atom. The predicted molar refractivity (Wildman–Crippen MR) is 90.8 cm³/mol. The van der Waals surface area contributed by atoms with Gasteiger partial charge in [0.15, 0.2) is 18.2 Å². The predicted octanol–water partition coefficient (Wildman–Crippen LogP) is 3.26. The van der Waals surface area contributed by atoms with Gasteiger partial charge in [0.1, 0.15) is 11.9 Å². The van der Waals surface area contributed by atoms with Crippen LogP contribution >= 0.6 is 11.3 Å². The average molecular weight is 361 g/mol. The number of furan rings is 1. The second kappa shape index (κ2) is 7.96. The van der Waals surface area contributed by atoms with Crippen LogP contribution in [-0.2, 0) is 11.3 Å². The Hall–Kier alpha value is -2.64. The highest BCUT2D eigenvalue weighted by atomic mass is 32.1. The SMILES string of the molecule is O=C(COc1ccccc1F)NCc1ccc(C(O)c2ccco2)s1.